The van der Waals surface area contributed by atoms with Gasteiger partial charge in [0.25, 0.3) is 0 Å². The summed E-state index contributed by atoms with van der Waals surface area (Å²) in [6.07, 6.45) is 3.87. The van der Waals surface area contributed by atoms with Gasteiger partial charge < -0.3 is 9.47 Å². The average Bonchev–Trinajstić information content (AvgIpc) is 3.09. The number of piperazine rings is 1. The van der Waals surface area contributed by atoms with Crippen LogP contribution >= 0.6 is 11.6 Å². The highest BCUT2D eigenvalue weighted by molar-refractivity contribution is 6.27. The third-order valence-corrected chi connectivity index (χ3v) is 4.47. The smallest absolute Gasteiger partial charge is 0.237 e. The molecule has 0 aliphatic carbocycles. The van der Waals surface area contributed by atoms with Gasteiger partial charge in [-0.2, -0.15) is 0 Å². The molecular weight excluding hydrogens is 312 g/mol. The van der Waals surface area contributed by atoms with Crippen LogP contribution in [0.25, 0.3) is 11.4 Å². The van der Waals surface area contributed by atoms with Crippen LogP contribution in [0.5, 0.6) is 0 Å². The van der Waals surface area contributed by atoms with Crippen molar-refractivity contribution in [1.29, 1.82) is 0 Å². The van der Waals surface area contributed by atoms with Crippen molar-refractivity contribution < 1.29 is 4.79 Å². The molecule has 5 nitrogen and oxygen atoms in total. The fourth-order valence-corrected chi connectivity index (χ4v) is 3.06. The minimum atomic E-state index is 0.0345. The molecule has 0 atom stereocenters. The van der Waals surface area contributed by atoms with Crippen LogP contribution < -0.4 is 0 Å². The molecule has 23 heavy (non-hydrogen) atoms. The molecule has 1 aromatic carbocycles. The van der Waals surface area contributed by atoms with Crippen LogP contribution in [-0.4, -0.2) is 63.9 Å². The first-order valence-corrected chi connectivity index (χ1v) is 8.44. The van der Waals surface area contributed by atoms with E-state index < -0.39 is 0 Å². The zero-order valence-corrected chi connectivity index (χ0v) is 13.8. The van der Waals surface area contributed by atoms with Crippen LogP contribution in [0, 0.1) is 0 Å². The van der Waals surface area contributed by atoms with Crippen LogP contribution in [0.1, 0.15) is 0 Å². The monoisotopic (exact) mass is 332 g/mol. The van der Waals surface area contributed by atoms with Gasteiger partial charge in [0.1, 0.15) is 11.7 Å². The molecule has 122 valence electrons. The van der Waals surface area contributed by atoms with Gasteiger partial charge in [0.05, 0.1) is 0 Å². The van der Waals surface area contributed by atoms with Crippen molar-refractivity contribution in [2.24, 2.45) is 0 Å². The standard InChI is InChI=1S/C17H21ClN4O/c18-14-16(23)21-11-8-20(9-12-21)10-13-22-7-6-19-17(22)15-4-2-1-3-5-15/h1-7H,8-14H2. The zero-order valence-electron chi connectivity index (χ0n) is 13.1. The van der Waals surface area contributed by atoms with Crippen molar-refractivity contribution in [3.8, 4) is 11.4 Å². The van der Waals surface area contributed by atoms with E-state index in [0.717, 1.165) is 50.7 Å². The van der Waals surface area contributed by atoms with Gasteiger partial charge in [0, 0.05) is 57.2 Å². The van der Waals surface area contributed by atoms with E-state index in [1.165, 1.54) is 0 Å². The maximum atomic E-state index is 11.6. The zero-order chi connectivity index (χ0) is 16.1. The number of hydrogen-bond acceptors (Lipinski definition) is 3. The highest BCUT2D eigenvalue weighted by Crippen LogP contribution is 2.16. The summed E-state index contributed by atoms with van der Waals surface area (Å²) in [5, 5.41) is 0. The number of alkyl halides is 1. The molecule has 0 spiro atoms. The molecule has 1 fully saturated rings. The molecule has 3 rings (SSSR count). The van der Waals surface area contributed by atoms with Gasteiger partial charge in [-0.05, 0) is 0 Å². The largest absolute Gasteiger partial charge is 0.339 e. The molecule has 6 heteroatoms. The Morgan fingerprint density at radius 1 is 1.09 bits per heavy atom. The minimum Gasteiger partial charge on any atom is -0.339 e. The number of carbonyl (C=O) groups excluding carboxylic acids is 1. The van der Waals surface area contributed by atoms with Crippen molar-refractivity contribution >= 4 is 17.5 Å². The van der Waals surface area contributed by atoms with Gasteiger partial charge in [0.2, 0.25) is 5.91 Å². The van der Waals surface area contributed by atoms with Gasteiger partial charge in [-0.1, -0.05) is 30.3 Å². The van der Waals surface area contributed by atoms with Crippen molar-refractivity contribution in [2.75, 3.05) is 38.6 Å². The Balaban J connectivity index is 1.54. The second-order valence-corrected chi connectivity index (χ2v) is 5.93. The minimum absolute atomic E-state index is 0.0345. The van der Waals surface area contributed by atoms with Gasteiger partial charge in [-0.15, -0.1) is 11.6 Å². The first kappa shape index (κ1) is 16.0. The second-order valence-electron chi connectivity index (χ2n) is 5.67. The Hall–Kier alpha value is -1.85. The predicted molar refractivity (Wildman–Crippen MR) is 91.4 cm³/mol. The normalized spacial score (nSPS) is 15.8. The number of imidazole rings is 1. The van der Waals surface area contributed by atoms with Crippen molar-refractivity contribution in [3.05, 3.63) is 42.7 Å². The molecule has 1 aromatic heterocycles. The van der Waals surface area contributed by atoms with Gasteiger partial charge in [-0.3, -0.25) is 9.69 Å². The average molecular weight is 333 g/mol. The SMILES string of the molecule is O=C(CCl)N1CCN(CCn2ccnc2-c2ccccc2)CC1. The maximum Gasteiger partial charge on any atom is 0.237 e. The maximum absolute atomic E-state index is 11.6. The molecule has 1 aliphatic rings. The summed E-state index contributed by atoms with van der Waals surface area (Å²) in [6, 6.07) is 10.2. The third-order valence-electron chi connectivity index (χ3n) is 4.24. The summed E-state index contributed by atoms with van der Waals surface area (Å²) < 4.78 is 2.19. The molecule has 1 aliphatic heterocycles. The lowest BCUT2D eigenvalue weighted by Gasteiger charge is -2.34. The fraction of sp³-hybridized carbons (Fsp3) is 0.412. The van der Waals surface area contributed by atoms with Gasteiger partial charge >= 0.3 is 0 Å². The fourth-order valence-electron chi connectivity index (χ4n) is 2.89. The van der Waals surface area contributed by atoms with Crippen LogP contribution in [0.4, 0.5) is 0 Å². The Labute approximate surface area is 141 Å². The molecule has 1 saturated heterocycles. The summed E-state index contributed by atoms with van der Waals surface area (Å²) in [5.41, 5.74) is 1.13. The van der Waals surface area contributed by atoms with Crippen LogP contribution in [0.3, 0.4) is 0 Å². The Kier molecular flexibility index (Phi) is 5.31. The summed E-state index contributed by atoms with van der Waals surface area (Å²) in [7, 11) is 0. The van der Waals surface area contributed by atoms with E-state index in [9.17, 15) is 4.79 Å². The number of benzene rings is 1. The number of halogens is 1. The lowest BCUT2D eigenvalue weighted by Crippen LogP contribution is -2.49. The first-order valence-electron chi connectivity index (χ1n) is 7.90. The lowest BCUT2D eigenvalue weighted by molar-refractivity contribution is -0.130. The van der Waals surface area contributed by atoms with Crippen molar-refractivity contribution in [1.82, 2.24) is 19.4 Å². The molecule has 0 saturated carbocycles. The van der Waals surface area contributed by atoms with Crippen LogP contribution in [0.15, 0.2) is 42.7 Å². The highest BCUT2D eigenvalue weighted by atomic mass is 35.5. The number of hydrogen-bond donors (Lipinski definition) is 0. The van der Waals surface area contributed by atoms with Gasteiger partial charge in [-0.25, -0.2) is 4.98 Å². The molecule has 0 unspecified atom stereocenters. The number of aromatic nitrogens is 2. The number of nitrogens with zero attached hydrogens (tertiary/aromatic N) is 4. The molecule has 0 N–H and O–H groups in total. The summed E-state index contributed by atoms with van der Waals surface area (Å²) in [6.45, 7) is 5.19. The summed E-state index contributed by atoms with van der Waals surface area (Å²) in [5.74, 6) is 1.11. The van der Waals surface area contributed by atoms with Crippen LogP contribution in [-0.2, 0) is 11.3 Å². The van der Waals surface area contributed by atoms with E-state index in [0.29, 0.717) is 0 Å². The Morgan fingerprint density at radius 3 is 2.52 bits per heavy atom. The highest BCUT2D eigenvalue weighted by Gasteiger charge is 2.20. The van der Waals surface area contributed by atoms with E-state index in [2.05, 4.69) is 26.6 Å². The van der Waals surface area contributed by atoms with Gasteiger partial charge in [0.15, 0.2) is 0 Å². The molecule has 2 aromatic rings. The van der Waals surface area contributed by atoms with E-state index in [4.69, 9.17) is 11.6 Å². The third kappa shape index (κ3) is 3.92. The van der Waals surface area contributed by atoms with E-state index in [-0.39, 0.29) is 11.8 Å². The molecule has 2 heterocycles. The second kappa shape index (κ2) is 7.62. The quantitative estimate of drug-likeness (QED) is 0.786. The Bertz CT molecular complexity index is 635. The molecular formula is C17H21ClN4O. The van der Waals surface area contributed by atoms with Crippen LogP contribution in [0.2, 0.25) is 0 Å². The molecule has 1 amide bonds. The number of rotatable bonds is 5. The van der Waals surface area contributed by atoms with E-state index >= 15 is 0 Å². The topological polar surface area (TPSA) is 41.4 Å². The summed E-state index contributed by atoms with van der Waals surface area (Å²) in [4.78, 5) is 20.3. The lowest BCUT2D eigenvalue weighted by atomic mass is 10.2. The van der Waals surface area contributed by atoms with Crippen molar-refractivity contribution in [2.45, 2.75) is 6.54 Å². The van der Waals surface area contributed by atoms with Crippen molar-refractivity contribution in [3.63, 3.8) is 0 Å². The summed E-state index contributed by atoms with van der Waals surface area (Å²) >= 11 is 5.61. The van der Waals surface area contributed by atoms with E-state index in [1.54, 1.807) is 0 Å². The molecule has 0 radical (unpaired) electrons. The number of amides is 1. The predicted octanol–water partition coefficient (Wildman–Crippen LogP) is 1.93. The number of carbonyl (C=O) groups is 1. The Morgan fingerprint density at radius 2 is 1.83 bits per heavy atom. The van der Waals surface area contributed by atoms with E-state index in [1.807, 2.05) is 35.5 Å². The first-order chi connectivity index (χ1) is 11.3. The molecule has 0 bridgehead atoms.